The maximum absolute atomic E-state index is 9.69. The van der Waals surface area contributed by atoms with Crippen LogP contribution < -0.4 is 5.32 Å². The van der Waals surface area contributed by atoms with Gasteiger partial charge in [-0.15, -0.1) is 5.10 Å². The van der Waals surface area contributed by atoms with Gasteiger partial charge in [-0.2, -0.15) is 0 Å². The van der Waals surface area contributed by atoms with Crippen molar-refractivity contribution in [2.45, 2.75) is 43.6 Å². The maximum atomic E-state index is 9.69. The molecule has 2 N–H and O–H groups in total. The summed E-state index contributed by atoms with van der Waals surface area (Å²) in [6.45, 7) is 4.52. The van der Waals surface area contributed by atoms with E-state index >= 15 is 0 Å². The predicted molar refractivity (Wildman–Crippen MR) is 72.1 cm³/mol. The molecule has 1 aromatic heterocycles. The normalized spacial score (nSPS) is 16.7. The lowest BCUT2D eigenvalue weighted by molar-refractivity contribution is 0.0551. The summed E-state index contributed by atoms with van der Waals surface area (Å²) >= 11 is 1.46. The molecule has 108 valence electrons. The fourth-order valence-corrected chi connectivity index (χ4v) is 2.38. The first-order valence-corrected chi connectivity index (χ1v) is 7.66. The van der Waals surface area contributed by atoms with Crippen molar-refractivity contribution in [2.24, 2.45) is 0 Å². The molecule has 8 heteroatoms. The highest BCUT2D eigenvalue weighted by molar-refractivity contribution is 7.99. The second-order valence-corrected chi connectivity index (χ2v) is 5.52. The van der Waals surface area contributed by atoms with Crippen LogP contribution in [0, 0.1) is 0 Å². The number of tetrazole rings is 1. The van der Waals surface area contributed by atoms with Crippen LogP contribution in [0.15, 0.2) is 5.16 Å². The third-order valence-electron chi connectivity index (χ3n) is 2.75. The Bertz CT molecular complexity index is 372. The molecule has 0 aliphatic heterocycles. The second kappa shape index (κ2) is 7.78. The molecule has 2 rings (SSSR count). The molecule has 1 unspecified atom stereocenters. The first-order chi connectivity index (χ1) is 9.29. The lowest BCUT2D eigenvalue weighted by atomic mass is 10.4. The molecule has 19 heavy (non-hydrogen) atoms. The zero-order valence-electron chi connectivity index (χ0n) is 11.2. The van der Waals surface area contributed by atoms with Crippen molar-refractivity contribution in [1.82, 2.24) is 25.5 Å². The lowest BCUT2D eigenvalue weighted by Crippen LogP contribution is -2.23. The van der Waals surface area contributed by atoms with Crippen LogP contribution in [0.4, 0.5) is 0 Å². The summed E-state index contributed by atoms with van der Waals surface area (Å²) in [5.41, 5.74) is 0. The topological polar surface area (TPSA) is 85.1 Å². The van der Waals surface area contributed by atoms with E-state index in [1.807, 2.05) is 6.92 Å². The van der Waals surface area contributed by atoms with Gasteiger partial charge in [0.2, 0.25) is 5.16 Å². The van der Waals surface area contributed by atoms with E-state index in [0.29, 0.717) is 25.0 Å². The minimum Gasteiger partial charge on any atom is -0.390 e. The quantitative estimate of drug-likeness (QED) is 0.582. The summed E-state index contributed by atoms with van der Waals surface area (Å²) in [6.07, 6.45) is 2.07. The summed E-state index contributed by atoms with van der Waals surface area (Å²) in [5, 5.41) is 25.5. The van der Waals surface area contributed by atoms with Gasteiger partial charge in [0, 0.05) is 24.9 Å². The molecule has 1 aliphatic rings. The Hall–Kier alpha value is -0.700. The van der Waals surface area contributed by atoms with Gasteiger partial charge in [0.1, 0.15) is 0 Å². The van der Waals surface area contributed by atoms with E-state index in [9.17, 15) is 5.11 Å². The summed E-state index contributed by atoms with van der Waals surface area (Å²) in [5.74, 6) is 0.538. The zero-order valence-corrected chi connectivity index (χ0v) is 12.0. The monoisotopic (exact) mass is 287 g/mol. The van der Waals surface area contributed by atoms with Crippen molar-refractivity contribution in [3.8, 4) is 0 Å². The van der Waals surface area contributed by atoms with Gasteiger partial charge in [-0.05, 0) is 30.2 Å². The Morgan fingerprint density at radius 2 is 2.42 bits per heavy atom. The molecule has 1 atom stereocenters. The third-order valence-corrected chi connectivity index (χ3v) is 3.85. The van der Waals surface area contributed by atoms with Crippen LogP contribution in [-0.4, -0.2) is 63.0 Å². The van der Waals surface area contributed by atoms with E-state index in [-0.39, 0.29) is 0 Å². The molecular formula is C11H21N5O2S. The number of aromatic nitrogens is 4. The highest BCUT2D eigenvalue weighted by atomic mass is 32.2. The molecule has 0 bridgehead atoms. The van der Waals surface area contributed by atoms with Gasteiger partial charge in [0.05, 0.1) is 19.3 Å². The van der Waals surface area contributed by atoms with Crippen LogP contribution in [0.1, 0.15) is 19.8 Å². The fourth-order valence-electron chi connectivity index (χ4n) is 1.57. The number of thioether (sulfide) groups is 1. The van der Waals surface area contributed by atoms with Crippen LogP contribution in [-0.2, 0) is 11.3 Å². The van der Waals surface area contributed by atoms with E-state index in [2.05, 4.69) is 20.8 Å². The summed E-state index contributed by atoms with van der Waals surface area (Å²) in [6, 6.07) is 0.695. The average molecular weight is 287 g/mol. The van der Waals surface area contributed by atoms with Crippen LogP contribution >= 0.6 is 11.8 Å². The van der Waals surface area contributed by atoms with Gasteiger partial charge < -0.3 is 15.2 Å². The number of hydrogen-bond acceptors (Lipinski definition) is 7. The van der Waals surface area contributed by atoms with Gasteiger partial charge in [0.15, 0.2) is 0 Å². The van der Waals surface area contributed by atoms with Crippen molar-refractivity contribution < 1.29 is 9.84 Å². The Kier molecular flexibility index (Phi) is 6.02. The van der Waals surface area contributed by atoms with E-state index < -0.39 is 6.10 Å². The highest BCUT2D eigenvalue weighted by Crippen LogP contribution is 2.18. The molecule has 1 fully saturated rings. The van der Waals surface area contributed by atoms with Gasteiger partial charge >= 0.3 is 0 Å². The number of rotatable bonds is 10. The first kappa shape index (κ1) is 14.7. The largest absolute Gasteiger partial charge is 0.390 e. The Labute approximate surface area is 117 Å². The molecule has 1 heterocycles. The second-order valence-electron chi connectivity index (χ2n) is 4.54. The van der Waals surface area contributed by atoms with Crippen LogP contribution in [0.3, 0.4) is 0 Å². The minimum absolute atomic E-state index is 0.355. The van der Waals surface area contributed by atoms with Gasteiger partial charge in [-0.25, -0.2) is 4.68 Å². The van der Waals surface area contributed by atoms with Crippen molar-refractivity contribution in [2.75, 3.05) is 25.5 Å². The molecule has 0 aromatic carbocycles. The molecule has 0 amide bonds. The fraction of sp³-hybridized carbons (Fsp3) is 0.909. The molecule has 1 saturated carbocycles. The van der Waals surface area contributed by atoms with E-state index in [1.165, 1.54) is 24.6 Å². The van der Waals surface area contributed by atoms with Crippen molar-refractivity contribution in [3.63, 3.8) is 0 Å². The molecule has 0 radical (unpaired) electrons. The number of hydrogen-bond donors (Lipinski definition) is 2. The average Bonchev–Trinajstić information content (AvgIpc) is 3.12. The number of ether oxygens (including phenoxy) is 1. The third kappa shape index (κ3) is 5.43. The number of aliphatic hydroxyl groups excluding tert-OH is 1. The van der Waals surface area contributed by atoms with Crippen LogP contribution in [0.5, 0.6) is 0 Å². The zero-order chi connectivity index (χ0) is 13.5. The van der Waals surface area contributed by atoms with Crippen molar-refractivity contribution in [3.05, 3.63) is 0 Å². The number of nitrogens with one attached hydrogen (secondary N) is 1. The number of aliphatic hydroxyl groups is 1. The minimum atomic E-state index is -0.486. The van der Waals surface area contributed by atoms with Crippen LogP contribution in [0.25, 0.3) is 0 Å². The smallest absolute Gasteiger partial charge is 0.209 e. The van der Waals surface area contributed by atoms with Crippen LogP contribution in [0.2, 0.25) is 0 Å². The summed E-state index contributed by atoms with van der Waals surface area (Å²) in [4.78, 5) is 0. The molecule has 0 spiro atoms. The molecule has 1 aliphatic carbocycles. The molecule has 0 saturated heterocycles. The van der Waals surface area contributed by atoms with Crippen molar-refractivity contribution in [1.29, 1.82) is 0 Å². The van der Waals surface area contributed by atoms with E-state index in [4.69, 9.17) is 4.74 Å². The SMILES string of the molecule is CCOCC(O)CSc1nnnn1CCNC1CC1. The van der Waals surface area contributed by atoms with Gasteiger partial charge in [-0.3, -0.25) is 0 Å². The van der Waals surface area contributed by atoms with E-state index in [0.717, 1.165) is 18.2 Å². The van der Waals surface area contributed by atoms with Gasteiger partial charge in [-0.1, -0.05) is 11.8 Å². The lowest BCUT2D eigenvalue weighted by Gasteiger charge is -2.09. The molecular weight excluding hydrogens is 266 g/mol. The maximum Gasteiger partial charge on any atom is 0.209 e. The van der Waals surface area contributed by atoms with Gasteiger partial charge in [0.25, 0.3) is 0 Å². The summed E-state index contributed by atoms with van der Waals surface area (Å²) in [7, 11) is 0. The Morgan fingerprint density at radius 1 is 1.58 bits per heavy atom. The molecule has 1 aromatic rings. The Balaban J connectivity index is 1.68. The summed E-state index contributed by atoms with van der Waals surface area (Å²) < 4.78 is 6.93. The predicted octanol–water partition coefficient (Wildman–Crippen LogP) is -0.0854. The van der Waals surface area contributed by atoms with E-state index in [1.54, 1.807) is 4.68 Å². The van der Waals surface area contributed by atoms with Crippen molar-refractivity contribution >= 4 is 11.8 Å². The first-order valence-electron chi connectivity index (χ1n) is 6.67. The Morgan fingerprint density at radius 3 is 3.16 bits per heavy atom. The number of nitrogens with zero attached hydrogens (tertiary/aromatic N) is 4. The highest BCUT2D eigenvalue weighted by Gasteiger charge is 2.20. The standard InChI is InChI=1S/C11H21N5O2S/c1-2-18-7-10(17)8-19-11-13-14-15-16(11)6-5-12-9-3-4-9/h9-10,12,17H,2-8H2,1H3. The molecule has 7 nitrogen and oxygen atoms in total.